The number of halogens is 2. The van der Waals surface area contributed by atoms with Gasteiger partial charge in [-0.25, -0.2) is 4.98 Å². The zero-order chi connectivity index (χ0) is 13.0. The molecule has 1 aromatic rings. The summed E-state index contributed by atoms with van der Waals surface area (Å²) in [5.74, 6) is 1.14. The van der Waals surface area contributed by atoms with Crippen LogP contribution >= 0.6 is 24.8 Å². The number of nitrogens with zero attached hydrogens (tertiary/aromatic N) is 2. The van der Waals surface area contributed by atoms with Crippen LogP contribution in [0.3, 0.4) is 0 Å². The Labute approximate surface area is 132 Å². The van der Waals surface area contributed by atoms with E-state index in [2.05, 4.69) is 15.6 Å². The third-order valence-corrected chi connectivity index (χ3v) is 3.71. The minimum Gasteiger partial charge on any atom is -0.354 e. The van der Waals surface area contributed by atoms with Crippen molar-refractivity contribution in [1.29, 1.82) is 0 Å². The fourth-order valence-electron chi connectivity index (χ4n) is 2.39. The van der Waals surface area contributed by atoms with Gasteiger partial charge in [0.15, 0.2) is 0 Å². The number of carbonyl (C=O) groups is 1. The Kier molecular flexibility index (Phi) is 8.16. The summed E-state index contributed by atoms with van der Waals surface area (Å²) in [6.07, 6.45) is 5.76. The summed E-state index contributed by atoms with van der Waals surface area (Å²) in [4.78, 5) is 16.3. The lowest BCUT2D eigenvalue weighted by Gasteiger charge is -2.32. The molecule has 1 atom stereocenters. The molecule has 0 bridgehead atoms. The molecule has 0 saturated carbocycles. The minimum atomic E-state index is -0.248. The van der Waals surface area contributed by atoms with Crippen molar-refractivity contribution >= 4 is 30.7 Å². The highest BCUT2D eigenvalue weighted by Gasteiger charge is 2.34. The van der Waals surface area contributed by atoms with Crippen molar-refractivity contribution in [2.24, 2.45) is 5.41 Å². The molecule has 2 heterocycles. The molecule has 1 aliphatic heterocycles. The van der Waals surface area contributed by atoms with E-state index >= 15 is 0 Å². The average Bonchev–Trinajstić information content (AvgIpc) is 2.76. The van der Waals surface area contributed by atoms with E-state index in [4.69, 9.17) is 0 Å². The first-order valence-corrected chi connectivity index (χ1v) is 6.59. The first-order valence-electron chi connectivity index (χ1n) is 6.59. The van der Waals surface area contributed by atoms with Crippen molar-refractivity contribution in [3.05, 3.63) is 18.2 Å². The second kappa shape index (κ2) is 8.49. The molecule has 1 amide bonds. The van der Waals surface area contributed by atoms with Gasteiger partial charge in [0.05, 0.1) is 5.41 Å². The van der Waals surface area contributed by atoms with Crippen LogP contribution in [0.15, 0.2) is 12.4 Å². The highest BCUT2D eigenvalue weighted by Crippen LogP contribution is 2.25. The number of amides is 1. The molecule has 1 aromatic heterocycles. The molecule has 1 saturated heterocycles. The van der Waals surface area contributed by atoms with Crippen molar-refractivity contribution in [1.82, 2.24) is 20.2 Å². The Morgan fingerprint density at radius 3 is 2.85 bits per heavy atom. The molecule has 2 N–H and O–H groups in total. The summed E-state index contributed by atoms with van der Waals surface area (Å²) in [5, 5.41) is 6.32. The number of hydrogen-bond donors (Lipinski definition) is 2. The molecular formula is C13H24Cl2N4O. The Morgan fingerprint density at radius 2 is 2.30 bits per heavy atom. The number of aryl methyl sites for hydroxylation is 1. The third-order valence-electron chi connectivity index (χ3n) is 3.71. The van der Waals surface area contributed by atoms with Gasteiger partial charge in [-0.15, -0.1) is 24.8 Å². The molecule has 0 radical (unpaired) electrons. The number of rotatable bonds is 4. The number of piperidine rings is 1. The van der Waals surface area contributed by atoms with Gasteiger partial charge < -0.3 is 15.2 Å². The first kappa shape index (κ1) is 19.2. The summed E-state index contributed by atoms with van der Waals surface area (Å²) in [5.41, 5.74) is -0.248. The quantitative estimate of drug-likeness (QED) is 0.884. The second-order valence-corrected chi connectivity index (χ2v) is 5.26. The fraction of sp³-hybridized carbons (Fsp3) is 0.692. The van der Waals surface area contributed by atoms with Crippen LogP contribution in [0, 0.1) is 12.3 Å². The largest absolute Gasteiger partial charge is 0.354 e. The molecular weight excluding hydrogens is 299 g/mol. The van der Waals surface area contributed by atoms with Gasteiger partial charge in [0.1, 0.15) is 5.82 Å². The number of carbonyl (C=O) groups excluding carboxylic acids is 1. The lowest BCUT2D eigenvalue weighted by molar-refractivity contribution is -0.131. The lowest BCUT2D eigenvalue weighted by Crippen LogP contribution is -2.49. The van der Waals surface area contributed by atoms with Gasteiger partial charge in [0.2, 0.25) is 5.91 Å². The molecule has 7 heteroatoms. The molecule has 0 aliphatic carbocycles. The molecule has 1 aliphatic rings. The molecule has 0 aromatic carbocycles. The number of aromatic nitrogens is 2. The molecule has 1 unspecified atom stereocenters. The first-order chi connectivity index (χ1) is 8.62. The minimum absolute atomic E-state index is 0. The highest BCUT2D eigenvalue weighted by atomic mass is 35.5. The van der Waals surface area contributed by atoms with Gasteiger partial charge in [-0.05, 0) is 33.2 Å². The topological polar surface area (TPSA) is 59.0 Å². The Morgan fingerprint density at radius 1 is 1.55 bits per heavy atom. The van der Waals surface area contributed by atoms with Crippen LogP contribution in [0.4, 0.5) is 0 Å². The summed E-state index contributed by atoms with van der Waals surface area (Å²) in [7, 11) is 0. The summed E-state index contributed by atoms with van der Waals surface area (Å²) in [6.45, 7) is 7.25. The number of imidazole rings is 1. The molecule has 116 valence electrons. The monoisotopic (exact) mass is 322 g/mol. The molecule has 2 rings (SSSR count). The van der Waals surface area contributed by atoms with Gasteiger partial charge in [-0.3, -0.25) is 4.79 Å². The van der Waals surface area contributed by atoms with Crippen molar-refractivity contribution < 1.29 is 4.79 Å². The standard InChI is InChI=1S/C13H22N4O.2ClH/c1-11-15-6-8-17(11)9-7-16-12(18)13(2)4-3-5-14-10-13;;/h6,8,14H,3-5,7,9-10H2,1-2H3,(H,16,18);2*1H. The maximum absolute atomic E-state index is 12.2. The number of nitrogens with one attached hydrogen (secondary N) is 2. The van der Waals surface area contributed by atoms with Gasteiger partial charge in [0, 0.05) is 32.0 Å². The third kappa shape index (κ3) is 4.65. The van der Waals surface area contributed by atoms with E-state index in [1.54, 1.807) is 6.20 Å². The predicted molar refractivity (Wildman–Crippen MR) is 84.7 cm³/mol. The second-order valence-electron chi connectivity index (χ2n) is 5.26. The van der Waals surface area contributed by atoms with Gasteiger partial charge in [-0.2, -0.15) is 0 Å². The zero-order valence-corrected chi connectivity index (χ0v) is 13.6. The van der Waals surface area contributed by atoms with Crippen LogP contribution in [-0.2, 0) is 11.3 Å². The van der Waals surface area contributed by atoms with Gasteiger partial charge in [0.25, 0.3) is 0 Å². The van der Waals surface area contributed by atoms with E-state index < -0.39 is 0 Å². The maximum atomic E-state index is 12.2. The Hall–Kier alpha value is -0.780. The van der Waals surface area contributed by atoms with Crippen LogP contribution in [0.1, 0.15) is 25.6 Å². The SMILES string of the molecule is Cc1nccn1CCNC(=O)C1(C)CCCNC1.Cl.Cl. The van der Waals surface area contributed by atoms with Crippen LogP contribution in [-0.4, -0.2) is 35.1 Å². The van der Waals surface area contributed by atoms with E-state index in [1.165, 1.54) is 0 Å². The number of hydrogen-bond acceptors (Lipinski definition) is 3. The normalized spacial score (nSPS) is 21.5. The highest BCUT2D eigenvalue weighted by molar-refractivity contribution is 5.85. The van der Waals surface area contributed by atoms with Crippen LogP contribution in [0.2, 0.25) is 0 Å². The van der Waals surface area contributed by atoms with Crippen molar-refractivity contribution in [2.45, 2.75) is 33.2 Å². The Bertz CT molecular complexity index is 416. The molecule has 0 spiro atoms. The lowest BCUT2D eigenvalue weighted by atomic mass is 9.82. The van der Waals surface area contributed by atoms with E-state index in [1.807, 2.05) is 24.6 Å². The van der Waals surface area contributed by atoms with Crippen molar-refractivity contribution in [2.75, 3.05) is 19.6 Å². The van der Waals surface area contributed by atoms with Crippen LogP contribution < -0.4 is 10.6 Å². The smallest absolute Gasteiger partial charge is 0.227 e. The summed E-state index contributed by atoms with van der Waals surface area (Å²) < 4.78 is 2.04. The van der Waals surface area contributed by atoms with Crippen molar-refractivity contribution in [3.8, 4) is 0 Å². The van der Waals surface area contributed by atoms with E-state index in [-0.39, 0.29) is 36.1 Å². The zero-order valence-electron chi connectivity index (χ0n) is 12.0. The van der Waals surface area contributed by atoms with Gasteiger partial charge in [-0.1, -0.05) is 0 Å². The van der Waals surface area contributed by atoms with E-state index in [9.17, 15) is 4.79 Å². The predicted octanol–water partition coefficient (Wildman–Crippen LogP) is 1.54. The van der Waals surface area contributed by atoms with Gasteiger partial charge >= 0.3 is 0 Å². The summed E-state index contributed by atoms with van der Waals surface area (Å²) >= 11 is 0. The maximum Gasteiger partial charge on any atom is 0.227 e. The molecule has 20 heavy (non-hydrogen) atoms. The van der Waals surface area contributed by atoms with Crippen LogP contribution in [0.25, 0.3) is 0 Å². The average molecular weight is 323 g/mol. The molecule has 1 fully saturated rings. The van der Waals surface area contributed by atoms with E-state index in [0.29, 0.717) is 6.54 Å². The Balaban J connectivity index is 0.00000180. The van der Waals surface area contributed by atoms with Crippen molar-refractivity contribution in [3.63, 3.8) is 0 Å². The fourth-order valence-corrected chi connectivity index (χ4v) is 2.39. The summed E-state index contributed by atoms with van der Waals surface area (Å²) in [6, 6.07) is 0. The molecule has 5 nitrogen and oxygen atoms in total. The van der Waals surface area contributed by atoms with Crippen LogP contribution in [0.5, 0.6) is 0 Å². The van der Waals surface area contributed by atoms with E-state index in [0.717, 1.165) is 38.3 Å².